The van der Waals surface area contributed by atoms with Crippen LogP contribution in [0.5, 0.6) is 0 Å². The first-order valence-electron chi connectivity index (χ1n) is 8.68. The standard InChI is InChI=1S/C18H30N4O2.HI/c1-4-15-9-7-10-16(13-15)22-17(23)14-21-18(19-5-2)20-11-8-12-24-6-3;/h7,9-10,13H,4-6,8,11-12,14H2,1-3H3,(H,22,23)(H2,19,20,21);1H. The molecule has 1 amide bonds. The molecule has 0 radical (unpaired) electrons. The number of aliphatic imine (C=N–C) groups is 1. The first-order chi connectivity index (χ1) is 11.7. The molecular formula is C18H31IN4O2. The van der Waals surface area contributed by atoms with E-state index in [1.165, 1.54) is 5.56 Å². The van der Waals surface area contributed by atoms with Crippen LogP contribution in [0.3, 0.4) is 0 Å². The van der Waals surface area contributed by atoms with Gasteiger partial charge in [0.25, 0.3) is 0 Å². The molecular weight excluding hydrogens is 431 g/mol. The van der Waals surface area contributed by atoms with Gasteiger partial charge in [0.15, 0.2) is 5.96 Å². The number of halogens is 1. The minimum atomic E-state index is -0.130. The number of carbonyl (C=O) groups excluding carboxylic acids is 1. The molecule has 7 heteroatoms. The van der Waals surface area contributed by atoms with Gasteiger partial charge in [-0.1, -0.05) is 19.1 Å². The fourth-order valence-corrected chi connectivity index (χ4v) is 2.09. The molecule has 0 aliphatic rings. The van der Waals surface area contributed by atoms with Crippen LogP contribution in [0.4, 0.5) is 5.69 Å². The van der Waals surface area contributed by atoms with E-state index in [1.807, 2.05) is 38.1 Å². The van der Waals surface area contributed by atoms with Crippen LogP contribution in [-0.2, 0) is 16.0 Å². The van der Waals surface area contributed by atoms with Crippen molar-refractivity contribution in [3.63, 3.8) is 0 Å². The smallest absolute Gasteiger partial charge is 0.246 e. The molecule has 0 aliphatic carbocycles. The lowest BCUT2D eigenvalue weighted by Gasteiger charge is -2.11. The summed E-state index contributed by atoms with van der Waals surface area (Å²) in [5.74, 6) is 0.515. The van der Waals surface area contributed by atoms with Crippen molar-refractivity contribution in [1.29, 1.82) is 0 Å². The van der Waals surface area contributed by atoms with Gasteiger partial charge in [-0.25, -0.2) is 4.99 Å². The molecule has 0 unspecified atom stereocenters. The Morgan fingerprint density at radius 1 is 1.20 bits per heavy atom. The molecule has 0 aliphatic heterocycles. The van der Waals surface area contributed by atoms with E-state index in [4.69, 9.17) is 4.74 Å². The van der Waals surface area contributed by atoms with Crippen molar-refractivity contribution in [2.45, 2.75) is 33.6 Å². The van der Waals surface area contributed by atoms with E-state index in [0.29, 0.717) is 5.96 Å². The lowest BCUT2D eigenvalue weighted by Crippen LogP contribution is -2.38. The Morgan fingerprint density at radius 2 is 2.00 bits per heavy atom. The number of hydrogen-bond donors (Lipinski definition) is 3. The number of benzene rings is 1. The summed E-state index contributed by atoms with van der Waals surface area (Å²) in [5, 5.41) is 9.20. The zero-order chi connectivity index (χ0) is 17.6. The maximum absolute atomic E-state index is 12.0. The summed E-state index contributed by atoms with van der Waals surface area (Å²) in [5.41, 5.74) is 2.00. The molecule has 1 rings (SSSR count). The monoisotopic (exact) mass is 462 g/mol. The van der Waals surface area contributed by atoms with Gasteiger partial charge < -0.3 is 20.7 Å². The Balaban J connectivity index is 0.00000576. The summed E-state index contributed by atoms with van der Waals surface area (Å²) in [4.78, 5) is 16.4. The van der Waals surface area contributed by atoms with E-state index < -0.39 is 0 Å². The average molecular weight is 462 g/mol. The molecule has 1 aromatic carbocycles. The van der Waals surface area contributed by atoms with E-state index >= 15 is 0 Å². The molecule has 0 spiro atoms. The van der Waals surface area contributed by atoms with Crippen molar-refractivity contribution >= 4 is 41.5 Å². The van der Waals surface area contributed by atoms with Gasteiger partial charge in [0.2, 0.25) is 5.91 Å². The van der Waals surface area contributed by atoms with Crippen LogP contribution < -0.4 is 16.0 Å². The van der Waals surface area contributed by atoms with E-state index in [0.717, 1.165) is 44.8 Å². The molecule has 0 fully saturated rings. The van der Waals surface area contributed by atoms with E-state index in [2.05, 4.69) is 27.9 Å². The van der Waals surface area contributed by atoms with Crippen molar-refractivity contribution in [3.05, 3.63) is 29.8 Å². The normalized spacial score (nSPS) is 10.8. The first-order valence-corrected chi connectivity index (χ1v) is 8.68. The molecule has 6 nitrogen and oxygen atoms in total. The van der Waals surface area contributed by atoms with Crippen molar-refractivity contribution in [2.24, 2.45) is 4.99 Å². The van der Waals surface area contributed by atoms with Crippen LogP contribution >= 0.6 is 24.0 Å². The largest absolute Gasteiger partial charge is 0.382 e. The van der Waals surface area contributed by atoms with Gasteiger partial charge in [-0.05, 0) is 44.4 Å². The Bertz CT molecular complexity index is 524. The summed E-state index contributed by atoms with van der Waals surface area (Å²) in [6.07, 6.45) is 1.84. The number of amides is 1. The number of anilines is 1. The Morgan fingerprint density at radius 3 is 2.68 bits per heavy atom. The topological polar surface area (TPSA) is 74.8 Å². The van der Waals surface area contributed by atoms with Gasteiger partial charge in [0.1, 0.15) is 6.54 Å². The van der Waals surface area contributed by atoms with Gasteiger partial charge >= 0.3 is 0 Å². The zero-order valence-corrected chi connectivity index (χ0v) is 17.8. The third-order valence-corrected chi connectivity index (χ3v) is 3.31. The Labute approximate surface area is 168 Å². The van der Waals surface area contributed by atoms with Crippen LogP contribution in [-0.4, -0.2) is 44.7 Å². The van der Waals surface area contributed by atoms with Crippen LogP contribution in [0.25, 0.3) is 0 Å². The van der Waals surface area contributed by atoms with Gasteiger partial charge in [-0.2, -0.15) is 0 Å². The van der Waals surface area contributed by atoms with Gasteiger partial charge in [0, 0.05) is 32.0 Å². The SMILES string of the molecule is CCNC(=NCC(=O)Nc1cccc(CC)c1)NCCCOCC.I. The summed E-state index contributed by atoms with van der Waals surface area (Å²) in [6.45, 7) is 9.10. The second kappa shape index (κ2) is 14.9. The zero-order valence-electron chi connectivity index (χ0n) is 15.4. The van der Waals surface area contributed by atoms with Gasteiger partial charge in [0.05, 0.1) is 0 Å². The van der Waals surface area contributed by atoms with E-state index in [-0.39, 0.29) is 36.4 Å². The summed E-state index contributed by atoms with van der Waals surface area (Å²) >= 11 is 0. The summed E-state index contributed by atoms with van der Waals surface area (Å²) < 4.78 is 5.29. The van der Waals surface area contributed by atoms with E-state index in [1.54, 1.807) is 0 Å². The number of nitrogens with zero attached hydrogens (tertiary/aromatic N) is 1. The van der Waals surface area contributed by atoms with Crippen molar-refractivity contribution < 1.29 is 9.53 Å². The van der Waals surface area contributed by atoms with E-state index in [9.17, 15) is 4.79 Å². The Kier molecular flexibility index (Phi) is 14.1. The second-order valence-corrected chi connectivity index (χ2v) is 5.27. The van der Waals surface area contributed by atoms with Crippen LogP contribution in [0.15, 0.2) is 29.3 Å². The third-order valence-electron chi connectivity index (χ3n) is 3.31. The third kappa shape index (κ3) is 11.0. The van der Waals surface area contributed by atoms with Crippen LogP contribution in [0.1, 0.15) is 32.8 Å². The first kappa shape index (κ1) is 23.6. The molecule has 0 aromatic heterocycles. The molecule has 25 heavy (non-hydrogen) atoms. The molecule has 0 bridgehead atoms. The number of guanidine groups is 1. The molecule has 1 aromatic rings. The molecule has 3 N–H and O–H groups in total. The predicted molar refractivity (Wildman–Crippen MR) is 115 cm³/mol. The quantitative estimate of drug-likeness (QED) is 0.216. The summed E-state index contributed by atoms with van der Waals surface area (Å²) in [7, 11) is 0. The fraction of sp³-hybridized carbons (Fsp3) is 0.556. The van der Waals surface area contributed by atoms with Crippen LogP contribution in [0.2, 0.25) is 0 Å². The number of nitrogens with one attached hydrogen (secondary N) is 3. The lowest BCUT2D eigenvalue weighted by atomic mass is 10.1. The highest BCUT2D eigenvalue weighted by atomic mass is 127. The second-order valence-electron chi connectivity index (χ2n) is 5.27. The van der Waals surface area contributed by atoms with Crippen molar-refractivity contribution in [2.75, 3.05) is 38.2 Å². The predicted octanol–water partition coefficient (Wildman–Crippen LogP) is 2.79. The number of carbonyl (C=O) groups is 1. The molecule has 0 atom stereocenters. The maximum atomic E-state index is 12.0. The highest BCUT2D eigenvalue weighted by molar-refractivity contribution is 14.0. The highest BCUT2D eigenvalue weighted by Crippen LogP contribution is 2.10. The van der Waals surface area contributed by atoms with Crippen molar-refractivity contribution in [3.8, 4) is 0 Å². The number of aryl methyl sites for hydroxylation is 1. The van der Waals surface area contributed by atoms with Gasteiger partial charge in [-0.3, -0.25) is 4.79 Å². The molecule has 0 saturated carbocycles. The molecule has 0 saturated heterocycles. The molecule has 0 heterocycles. The van der Waals surface area contributed by atoms with Gasteiger partial charge in [-0.15, -0.1) is 24.0 Å². The summed E-state index contributed by atoms with van der Waals surface area (Å²) in [6, 6.07) is 7.86. The molecule has 142 valence electrons. The minimum Gasteiger partial charge on any atom is -0.382 e. The number of hydrogen-bond acceptors (Lipinski definition) is 3. The van der Waals surface area contributed by atoms with Crippen LogP contribution in [0, 0.1) is 0 Å². The average Bonchev–Trinajstić information content (AvgIpc) is 2.59. The number of ether oxygens (including phenoxy) is 1. The fourth-order valence-electron chi connectivity index (χ4n) is 2.09. The lowest BCUT2D eigenvalue weighted by molar-refractivity contribution is -0.114. The number of rotatable bonds is 10. The van der Waals surface area contributed by atoms with Crippen molar-refractivity contribution in [1.82, 2.24) is 10.6 Å². The Hall–Kier alpha value is -1.35. The highest BCUT2D eigenvalue weighted by Gasteiger charge is 2.03. The minimum absolute atomic E-state index is 0. The maximum Gasteiger partial charge on any atom is 0.246 e.